The van der Waals surface area contributed by atoms with Gasteiger partial charge in [0.1, 0.15) is 0 Å². The molecule has 0 unspecified atom stereocenters. The first-order chi connectivity index (χ1) is 14.2. The van der Waals surface area contributed by atoms with E-state index in [1.807, 2.05) is 33.4 Å². The summed E-state index contributed by atoms with van der Waals surface area (Å²) in [6.07, 6.45) is 1.50. The highest BCUT2D eigenvalue weighted by Gasteiger charge is 2.31. The summed E-state index contributed by atoms with van der Waals surface area (Å²) in [6.45, 7) is 5.66. The van der Waals surface area contributed by atoms with Crippen LogP contribution in [0.4, 0.5) is 9.80 Å². The lowest BCUT2D eigenvalue weighted by Crippen LogP contribution is -2.51. The molecular formula is C22H28N4O2S. The molecule has 0 bridgehead atoms. The summed E-state index contributed by atoms with van der Waals surface area (Å²) >= 11 is 1.52. The summed E-state index contributed by atoms with van der Waals surface area (Å²) in [5.41, 5.74) is 1.32. The number of nitrogens with zero attached hydrogens (tertiary/aromatic N) is 3. The minimum absolute atomic E-state index is 0.0430. The molecule has 0 spiro atoms. The van der Waals surface area contributed by atoms with E-state index in [0.29, 0.717) is 13.1 Å². The predicted octanol–water partition coefficient (Wildman–Crippen LogP) is 3.34. The molecule has 0 aliphatic carbocycles. The van der Waals surface area contributed by atoms with E-state index in [1.54, 1.807) is 0 Å². The van der Waals surface area contributed by atoms with E-state index in [-0.39, 0.29) is 17.9 Å². The Morgan fingerprint density at radius 1 is 0.897 bits per heavy atom. The Kier molecular flexibility index (Phi) is 6.46. The minimum Gasteiger partial charge on any atom is -0.340 e. The average Bonchev–Trinajstić information content (AvgIpc) is 3.28. The van der Waals surface area contributed by atoms with Gasteiger partial charge in [0, 0.05) is 51.7 Å². The Morgan fingerprint density at radius 2 is 1.62 bits per heavy atom. The van der Waals surface area contributed by atoms with Crippen molar-refractivity contribution < 1.29 is 9.59 Å². The highest BCUT2D eigenvalue weighted by atomic mass is 32.1. The number of likely N-dealkylation sites (tertiary alicyclic amines) is 1. The fourth-order valence-corrected chi connectivity index (χ4v) is 4.70. The highest BCUT2D eigenvalue weighted by Crippen LogP contribution is 2.22. The number of amides is 3. The van der Waals surface area contributed by atoms with E-state index in [1.165, 1.54) is 16.9 Å². The summed E-state index contributed by atoms with van der Waals surface area (Å²) in [5, 5.41) is 5.74. The zero-order valence-corrected chi connectivity index (χ0v) is 17.4. The van der Waals surface area contributed by atoms with Gasteiger partial charge in [-0.05, 0) is 35.9 Å². The molecule has 2 aliphatic rings. The van der Waals surface area contributed by atoms with Crippen molar-refractivity contribution in [2.75, 3.05) is 44.6 Å². The summed E-state index contributed by atoms with van der Waals surface area (Å²) in [4.78, 5) is 31.5. The third kappa shape index (κ3) is 5.16. The maximum Gasteiger partial charge on any atom is 0.322 e. The zero-order valence-electron chi connectivity index (χ0n) is 16.6. The average molecular weight is 413 g/mol. The van der Waals surface area contributed by atoms with Crippen LogP contribution in [0, 0.1) is 5.92 Å². The van der Waals surface area contributed by atoms with Crippen LogP contribution in [0.15, 0.2) is 47.8 Å². The van der Waals surface area contributed by atoms with Crippen molar-refractivity contribution in [1.82, 2.24) is 14.7 Å². The van der Waals surface area contributed by atoms with E-state index in [9.17, 15) is 9.59 Å². The molecular weight excluding hydrogens is 384 g/mol. The second-order valence-electron chi connectivity index (χ2n) is 7.76. The predicted molar refractivity (Wildman–Crippen MR) is 116 cm³/mol. The van der Waals surface area contributed by atoms with Gasteiger partial charge in [0.05, 0.1) is 5.00 Å². The molecule has 0 atom stereocenters. The lowest BCUT2D eigenvalue weighted by atomic mass is 9.95. The van der Waals surface area contributed by atoms with Crippen LogP contribution in [-0.2, 0) is 11.3 Å². The fraction of sp³-hybridized carbons (Fsp3) is 0.455. The molecule has 2 saturated heterocycles. The summed E-state index contributed by atoms with van der Waals surface area (Å²) < 4.78 is 0. The quantitative estimate of drug-likeness (QED) is 0.838. The molecule has 3 heterocycles. The number of hydrogen-bond acceptors (Lipinski definition) is 4. The second kappa shape index (κ2) is 9.41. The first-order valence-corrected chi connectivity index (χ1v) is 11.2. The molecule has 2 aromatic rings. The van der Waals surface area contributed by atoms with Gasteiger partial charge in [-0.25, -0.2) is 4.79 Å². The third-order valence-corrected chi connectivity index (χ3v) is 6.60. The van der Waals surface area contributed by atoms with Gasteiger partial charge in [0.15, 0.2) is 0 Å². The number of rotatable bonds is 4. The molecule has 2 aliphatic heterocycles. The van der Waals surface area contributed by atoms with E-state index < -0.39 is 0 Å². The number of carbonyl (C=O) groups is 2. The van der Waals surface area contributed by atoms with Crippen molar-refractivity contribution in [2.45, 2.75) is 19.4 Å². The van der Waals surface area contributed by atoms with Gasteiger partial charge in [-0.2, -0.15) is 0 Å². The number of hydrogen-bond donors (Lipinski definition) is 1. The Hall–Kier alpha value is -2.38. The number of urea groups is 1. The molecule has 1 N–H and O–H groups in total. The zero-order chi connectivity index (χ0) is 20.1. The Labute approximate surface area is 176 Å². The maximum atomic E-state index is 12.9. The van der Waals surface area contributed by atoms with Gasteiger partial charge in [-0.15, -0.1) is 11.3 Å². The third-order valence-electron chi connectivity index (χ3n) is 5.82. The van der Waals surface area contributed by atoms with Crippen molar-refractivity contribution in [1.29, 1.82) is 0 Å². The van der Waals surface area contributed by atoms with Gasteiger partial charge in [-0.1, -0.05) is 30.3 Å². The highest BCUT2D eigenvalue weighted by molar-refractivity contribution is 7.14. The van der Waals surface area contributed by atoms with Crippen LogP contribution in [0.1, 0.15) is 18.4 Å². The van der Waals surface area contributed by atoms with Crippen LogP contribution in [-0.4, -0.2) is 65.9 Å². The van der Waals surface area contributed by atoms with Crippen LogP contribution < -0.4 is 5.32 Å². The summed E-state index contributed by atoms with van der Waals surface area (Å²) in [6, 6.07) is 14.2. The lowest BCUT2D eigenvalue weighted by molar-refractivity contribution is -0.138. The first-order valence-electron chi connectivity index (χ1n) is 10.3. The van der Waals surface area contributed by atoms with Gasteiger partial charge in [0.25, 0.3) is 0 Å². The van der Waals surface area contributed by atoms with Gasteiger partial charge in [0.2, 0.25) is 5.91 Å². The number of piperazine rings is 1. The van der Waals surface area contributed by atoms with E-state index in [2.05, 4.69) is 34.5 Å². The number of thiophene rings is 1. The van der Waals surface area contributed by atoms with Gasteiger partial charge in [-0.3, -0.25) is 15.0 Å². The summed E-state index contributed by atoms with van der Waals surface area (Å²) in [7, 11) is 0. The van der Waals surface area contributed by atoms with Gasteiger partial charge < -0.3 is 9.80 Å². The molecule has 154 valence electrons. The van der Waals surface area contributed by atoms with Crippen LogP contribution >= 0.6 is 11.3 Å². The van der Waals surface area contributed by atoms with Crippen molar-refractivity contribution in [3.63, 3.8) is 0 Å². The first kappa shape index (κ1) is 19.9. The molecule has 2 fully saturated rings. The monoisotopic (exact) mass is 412 g/mol. The maximum absolute atomic E-state index is 12.9. The van der Waals surface area contributed by atoms with Crippen LogP contribution in [0.3, 0.4) is 0 Å². The molecule has 4 rings (SSSR count). The van der Waals surface area contributed by atoms with E-state index >= 15 is 0 Å². The SMILES string of the molecule is O=C(Nc1cccs1)N1CCC(C(=O)N2CCN(Cc3ccccc3)CC2)CC1. The van der Waals surface area contributed by atoms with Crippen molar-refractivity contribution in [2.24, 2.45) is 5.92 Å². The molecule has 1 aromatic heterocycles. The summed E-state index contributed by atoms with van der Waals surface area (Å²) in [5.74, 6) is 0.309. The number of benzene rings is 1. The standard InChI is InChI=1S/C22H28N4O2S/c27-21(25-14-12-24(13-15-25)17-18-5-2-1-3-6-18)19-8-10-26(11-9-19)22(28)23-20-7-4-16-29-20/h1-7,16,19H,8-15,17H2,(H,23,28). The van der Waals surface area contributed by atoms with Crippen LogP contribution in [0.25, 0.3) is 0 Å². The lowest BCUT2D eigenvalue weighted by Gasteiger charge is -2.38. The smallest absolute Gasteiger partial charge is 0.322 e. The fourth-order valence-electron chi connectivity index (χ4n) is 4.09. The van der Waals surface area contributed by atoms with E-state index in [0.717, 1.165) is 50.6 Å². The second-order valence-corrected chi connectivity index (χ2v) is 8.70. The topological polar surface area (TPSA) is 55.9 Å². The van der Waals surface area contributed by atoms with Crippen molar-refractivity contribution in [3.05, 3.63) is 53.4 Å². The minimum atomic E-state index is -0.0622. The Bertz CT molecular complexity index is 795. The van der Waals surface area contributed by atoms with E-state index in [4.69, 9.17) is 0 Å². The molecule has 0 saturated carbocycles. The number of carbonyl (C=O) groups excluding carboxylic acids is 2. The van der Waals surface area contributed by atoms with Gasteiger partial charge >= 0.3 is 6.03 Å². The van der Waals surface area contributed by atoms with Crippen molar-refractivity contribution >= 4 is 28.3 Å². The largest absolute Gasteiger partial charge is 0.340 e. The van der Waals surface area contributed by atoms with Crippen LogP contribution in [0.5, 0.6) is 0 Å². The normalized spacial score (nSPS) is 18.6. The number of nitrogens with one attached hydrogen (secondary N) is 1. The number of piperidine rings is 1. The Balaban J connectivity index is 1.20. The molecule has 7 heteroatoms. The van der Waals surface area contributed by atoms with Crippen molar-refractivity contribution in [3.8, 4) is 0 Å². The number of anilines is 1. The molecule has 1 aromatic carbocycles. The van der Waals surface area contributed by atoms with Crippen LogP contribution in [0.2, 0.25) is 0 Å². The molecule has 3 amide bonds. The molecule has 0 radical (unpaired) electrons. The Morgan fingerprint density at radius 3 is 2.28 bits per heavy atom. The molecule has 29 heavy (non-hydrogen) atoms. The molecule has 6 nitrogen and oxygen atoms in total.